The topological polar surface area (TPSA) is 17.1 Å². The molecule has 0 rings (SSSR count). The van der Waals surface area contributed by atoms with E-state index in [0.717, 1.165) is 25.7 Å². The first-order chi connectivity index (χ1) is 21.7. The lowest BCUT2D eigenvalue weighted by atomic mass is 9.83. The number of carbonyl (C=O) groups excluding carboxylic acids is 1. The number of ketones is 1. The summed E-state index contributed by atoms with van der Waals surface area (Å²) in [4.78, 5) is 13.5. The summed E-state index contributed by atoms with van der Waals surface area (Å²) in [6.45, 7) is 4.59. The number of alkyl halides is 2. The summed E-state index contributed by atoms with van der Waals surface area (Å²) >= 11 is 12.3. The van der Waals surface area contributed by atoms with Crippen molar-refractivity contribution in [2.24, 2.45) is 11.8 Å². The average molecular weight is 660 g/mol. The summed E-state index contributed by atoms with van der Waals surface area (Å²) in [6, 6.07) is 0. The summed E-state index contributed by atoms with van der Waals surface area (Å²) in [5, 5.41) is 0. The van der Waals surface area contributed by atoms with Gasteiger partial charge in [0.2, 0.25) is 0 Å². The molecule has 0 saturated heterocycles. The molecule has 0 aromatic heterocycles. The summed E-state index contributed by atoms with van der Waals surface area (Å²) in [7, 11) is 0. The van der Waals surface area contributed by atoms with Gasteiger partial charge in [0.15, 0.2) is 0 Å². The minimum Gasteiger partial charge on any atom is -0.299 e. The zero-order valence-electron chi connectivity index (χ0n) is 30.3. The van der Waals surface area contributed by atoms with Gasteiger partial charge >= 0.3 is 0 Å². The van der Waals surface area contributed by atoms with E-state index >= 15 is 0 Å². The van der Waals surface area contributed by atoms with E-state index in [1.807, 2.05) is 0 Å². The molecule has 0 radical (unpaired) electrons. The molecule has 0 heterocycles. The Morgan fingerprint density at radius 2 is 0.545 bits per heavy atom. The van der Waals surface area contributed by atoms with Gasteiger partial charge < -0.3 is 0 Å². The molecule has 0 aromatic carbocycles. The third-order valence-electron chi connectivity index (χ3n) is 10.0. The van der Waals surface area contributed by atoms with Crippen molar-refractivity contribution in [3.63, 3.8) is 0 Å². The van der Waals surface area contributed by atoms with Gasteiger partial charge in [-0.3, -0.25) is 4.79 Å². The van der Waals surface area contributed by atoms with Crippen molar-refractivity contribution < 1.29 is 4.79 Å². The number of hydrogen-bond acceptors (Lipinski definition) is 1. The summed E-state index contributed by atoms with van der Waals surface area (Å²) in [5.74, 6) is 1.98. The van der Waals surface area contributed by atoms with Crippen LogP contribution in [0.5, 0.6) is 0 Å². The van der Waals surface area contributed by atoms with Gasteiger partial charge in [-0.15, -0.1) is 23.2 Å². The summed E-state index contributed by atoms with van der Waals surface area (Å²) in [6.07, 6.45) is 45.2. The molecule has 0 N–H and O–H groups in total. The maximum absolute atomic E-state index is 13.5. The molecule has 1 nitrogen and oxygen atoms in total. The lowest BCUT2D eigenvalue weighted by Crippen LogP contribution is -2.25. The molecule has 0 aliphatic rings. The van der Waals surface area contributed by atoms with Gasteiger partial charge in [0.05, 0.1) is 0 Å². The lowest BCUT2D eigenvalue weighted by molar-refractivity contribution is -0.127. The van der Waals surface area contributed by atoms with Crippen LogP contribution in [0.25, 0.3) is 0 Å². The monoisotopic (exact) mass is 659 g/mol. The standard InChI is InChI=1S/C41H80Cl2O/c1-3-5-7-9-11-13-15-17-19-21-23-25-27-29-31-33-39(35-37-42)41(44)40(36-38-43)34-32-30-28-26-24-22-20-18-16-14-12-10-8-6-4-2/h39-40H,3-38H2,1-2H3. The van der Waals surface area contributed by atoms with Gasteiger partial charge in [0, 0.05) is 23.6 Å². The van der Waals surface area contributed by atoms with Gasteiger partial charge in [-0.05, 0) is 25.7 Å². The van der Waals surface area contributed by atoms with Crippen LogP contribution in [-0.4, -0.2) is 17.5 Å². The molecule has 0 bridgehead atoms. The first kappa shape index (κ1) is 44.2. The van der Waals surface area contributed by atoms with Crippen molar-refractivity contribution in [3.05, 3.63) is 0 Å². The summed E-state index contributed by atoms with van der Waals surface area (Å²) in [5.41, 5.74) is 0. The fourth-order valence-corrected chi connectivity index (χ4v) is 7.51. The molecule has 0 aromatic rings. The smallest absolute Gasteiger partial charge is 0.139 e. The second-order valence-corrected chi connectivity index (χ2v) is 15.0. The van der Waals surface area contributed by atoms with Crippen molar-refractivity contribution in [1.82, 2.24) is 0 Å². The number of halogens is 2. The Hall–Kier alpha value is 0.250. The fraction of sp³-hybridized carbons (Fsp3) is 0.976. The quantitative estimate of drug-likeness (QED) is 0.0476. The van der Waals surface area contributed by atoms with Gasteiger partial charge in [0.25, 0.3) is 0 Å². The second-order valence-electron chi connectivity index (χ2n) is 14.2. The number of carbonyl (C=O) groups is 1. The molecule has 2 atom stereocenters. The van der Waals surface area contributed by atoms with E-state index in [-0.39, 0.29) is 11.8 Å². The molecule has 0 fully saturated rings. The first-order valence-corrected chi connectivity index (χ1v) is 21.4. The minimum absolute atomic E-state index is 0.152. The van der Waals surface area contributed by atoms with Crippen molar-refractivity contribution in [2.75, 3.05) is 11.8 Å². The fourth-order valence-electron chi connectivity index (χ4n) is 6.98. The van der Waals surface area contributed by atoms with Crippen molar-refractivity contribution in [3.8, 4) is 0 Å². The molecule has 0 aliphatic carbocycles. The largest absolute Gasteiger partial charge is 0.299 e. The van der Waals surface area contributed by atoms with E-state index < -0.39 is 0 Å². The Kier molecular flexibility index (Phi) is 37.9. The number of unbranched alkanes of at least 4 members (excludes halogenated alkanes) is 28. The minimum atomic E-state index is 0.152. The van der Waals surface area contributed by atoms with Crippen LogP contribution in [0.4, 0.5) is 0 Å². The predicted octanol–water partition coefficient (Wildman–Crippen LogP) is 15.6. The van der Waals surface area contributed by atoms with Crippen LogP contribution in [0.1, 0.15) is 232 Å². The van der Waals surface area contributed by atoms with Crippen LogP contribution in [0.15, 0.2) is 0 Å². The maximum atomic E-state index is 13.5. The molecule has 2 unspecified atom stereocenters. The van der Waals surface area contributed by atoms with E-state index in [4.69, 9.17) is 23.2 Å². The van der Waals surface area contributed by atoms with Crippen molar-refractivity contribution in [1.29, 1.82) is 0 Å². The van der Waals surface area contributed by atoms with Crippen molar-refractivity contribution in [2.45, 2.75) is 232 Å². The number of rotatable bonds is 38. The molecule has 44 heavy (non-hydrogen) atoms. The van der Waals surface area contributed by atoms with E-state index in [1.54, 1.807) is 0 Å². The Morgan fingerprint density at radius 3 is 0.750 bits per heavy atom. The average Bonchev–Trinajstić information content (AvgIpc) is 3.03. The Labute approximate surface area is 288 Å². The normalized spacial score (nSPS) is 13.0. The Balaban J connectivity index is 3.86. The van der Waals surface area contributed by atoms with Crippen LogP contribution in [0, 0.1) is 11.8 Å². The predicted molar refractivity (Wildman–Crippen MR) is 202 cm³/mol. The third-order valence-corrected chi connectivity index (χ3v) is 10.5. The highest BCUT2D eigenvalue weighted by molar-refractivity contribution is 6.18. The zero-order valence-corrected chi connectivity index (χ0v) is 31.8. The van der Waals surface area contributed by atoms with E-state index in [1.165, 1.54) is 193 Å². The van der Waals surface area contributed by atoms with Gasteiger partial charge in [-0.25, -0.2) is 0 Å². The highest BCUT2D eigenvalue weighted by atomic mass is 35.5. The maximum Gasteiger partial charge on any atom is 0.139 e. The molecule has 0 spiro atoms. The van der Waals surface area contributed by atoms with Gasteiger partial charge in [0.1, 0.15) is 5.78 Å². The molecule has 264 valence electrons. The van der Waals surface area contributed by atoms with Crippen LogP contribution >= 0.6 is 23.2 Å². The summed E-state index contributed by atoms with van der Waals surface area (Å²) < 4.78 is 0. The third kappa shape index (κ3) is 30.9. The lowest BCUT2D eigenvalue weighted by Gasteiger charge is -2.22. The first-order valence-electron chi connectivity index (χ1n) is 20.4. The molecular weight excluding hydrogens is 579 g/mol. The van der Waals surface area contributed by atoms with Crippen LogP contribution < -0.4 is 0 Å². The van der Waals surface area contributed by atoms with Crippen LogP contribution in [-0.2, 0) is 4.79 Å². The highest BCUT2D eigenvalue weighted by Crippen LogP contribution is 2.26. The molecule has 0 aliphatic heterocycles. The Morgan fingerprint density at radius 1 is 0.341 bits per heavy atom. The van der Waals surface area contributed by atoms with Crippen LogP contribution in [0.3, 0.4) is 0 Å². The van der Waals surface area contributed by atoms with E-state index in [2.05, 4.69) is 13.8 Å². The van der Waals surface area contributed by atoms with E-state index in [0.29, 0.717) is 17.5 Å². The Bertz CT molecular complexity index is 505. The molecule has 0 saturated carbocycles. The number of Topliss-reactive ketones (excluding diaryl/α,β-unsaturated/α-hetero) is 1. The molecule has 3 heteroatoms. The van der Waals surface area contributed by atoms with Gasteiger partial charge in [-0.1, -0.05) is 206 Å². The van der Waals surface area contributed by atoms with Crippen LogP contribution in [0.2, 0.25) is 0 Å². The zero-order chi connectivity index (χ0) is 32.2. The van der Waals surface area contributed by atoms with E-state index in [9.17, 15) is 4.79 Å². The van der Waals surface area contributed by atoms with Crippen molar-refractivity contribution >= 4 is 29.0 Å². The second kappa shape index (κ2) is 37.7. The SMILES string of the molecule is CCCCCCCCCCCCCCCCCC(CCCl)C(=O)C(CCCl)CCCCCCCCCCCCCCCCC. The molecule has 0 amide bonds. The highest BCUT2D eigenvalue weighted by Gasteiger charge is 2.25. The molecular formula is C41H80Cl2O. The number of hydrogen-bond donors (Lipinski definition) is 0. The van der Waals surface area contributed by atoms with Gasteiger partial charge in [-0.2, -0.15) is 0 Å².